The molecule has 1 aromatic rings. The first kappa shape index (κ1) is 18.1. The first-order valence-corrected chi connectivity index (χ1v) is 8.05. The van der Waals surface area contributed by atoms with Crippen molar-refractivity contribution in [2.75, 3.05) is 19.8 Å². The van der Waals surface area contributed by atoms with E-state index in [1.165, 1.54) is 17.5 Å². The minimum Gasteiger partial charge on any atom is -0.389 e. The molecule has 0 saturated carbocycles. The van der Waals surface area contributed by atoms with Crippen molar-refractivity contribution in [2.24, 2.45) is 5.92 Å². The fourth-order valence-electron chi connectivity index (χ4n) is 2.37. The standard InChI is InChI=1S/C18H31NO2/c1-14(2)8-7-11-21-13-17(20)12-19-16(4)18-10-6-5-9-15(18)3/h5-6,9-10,14,16-17,19-20H,7-8,11-13H2,1-4H3/t16-,17?/m0/s1. The third-order valence-corrected chi connectivity index (χ3v) is 3.70. The van der Waals surface area contributed by atoms with Crippen molar-refractivity contribution >= 4 is 0 Å². The molecule has 3 nitrogen and oxygen atoms in total. The molecular formula is C18H31NO2. The van der Waals surface area contributed by atoms with Gasteiger partial charge >= 0.3 is 0 Å². The molecule has 0 aliphatic heterocycles. The van der Waals surface area contributed by atoms with Crippen molar-refractivity contribution in [3.05, 3.63) is 35.4 Å². The molecule has 1 unspecified atom stereocenters. The molecule has 0 radical (unpaired) electrons. The Bertz CT molecular complexity index is 393. The van der Waals surface area contributed by atoms with Crippen LogP contribution in [0, 0.1) is 12.8 Å². The summed E-state index contributed by atoms with van der Waals surface area (Å²) in [5.41, 5.74) is 2.56. The fourth-order valence-corrected chi connectivity index (χ4v) is 2.37. The van der Waals surface area contributed by atoms with Gasteiger partial charge in [-0.15, -0.1) is 0 Å². The number of hydrogen-bond donors (Lipinski definition) is 2. The largest absolute Gasteiger partial charge is 0.389 e. The molecule has 0 heterocycles. The van der Waals surface area contributed by atoms with E-state index in [1.807, 2.05) is 6.07 Å². The van der Waals surface area contributed by atoms with E-state index in [9.17, 15) is 5.11 Å². The van der Waals surface area contributed by atoms with Crippen LogP contribution in [-0.4, -0.2) is 31.0 Å². The van der Waals surface area contributed by atoms with Gasteiger partial charge in [-0.1, -0.05) is 38.1 Å². The van der Waals surface area contributed by atoms with Crippen LogP contribution in [0.4, 0.5) is 0 Å². The number of aliphatic hydroxyl groups excluding tert-OH is 1. The van der Waals surface area contributed by atoms with Crippen LogP contribution < -0.4 is 5.32 Å². The molecule has 0 saturated heterocycles. The Labute approximate surface area is 129 Å². The van der Waals surface area contributed by atoms with E-state index in [0.29, 0.717) is 13.2 Å². The molecule has 120 valence electrons. The zero-order valence-electron chi connectivity index (χ0n) is 13.9. The van der Waals surface area contributed by atoms with Crippen LogP contribution in [-0.2, 0) is 4.74 Å². The molecule has 0 amide bonds. The van der Waals surface area contributed by atoms with Crippen molar-refractivity contribution in [3.8, 4) is 0 Å². The van der Waals surface area contributed by atoms with Crippen molar-refractivity contribution in [3.63, 3.8) is 0 Å². The Morgan fingerprint density at radius 3 is 2.57 bits per heavy atom. The summed E-state index contributed by atoms with van der Waals surface area (Å²) in [7, 11) is 0. The van der Waals surface area contributed by atoms with E-state index >= 15 is 0 Å². The molecule has 3 heteroatoms. The van der Waals surface area contributed by atoms with Crippen LogP contribution in [0.2, 0.25) is 0 Å². The SMILES string of the molecule is Cc1ccccc1[C@H](C)NCC(O)COCCCC(C)C. The summed E-state index contributed by atoms with van der Waals surface area (Å²) >= 11 is 0. The van der Waals surface area contributed by atoms with Gasteiger partial charge in [0.1, 0.15) is 0 Å². The zero-order chi connectivity index (χ0) is 15.7. The van der Waals surface area contributed by atoms with Crippen LogP contribution in [0.1, 0.15) is 50.8 Å². The molecule has 0 aliphatic rings. The van der Waals surface area contributed by atoms with Gasteiger partial charge in [0, 0.05) is 19.2 Å². The lowest BCUT2D eigenvalue weighted by Crippen LogP contribution is -2.32. The van der Waals surface area contributed by atoms with Gasteiger partial charge < -0.3 is 15.2 Å². The summed E-state index contributed by atoms with van der Waals surface area (Å²) in [5.74, 6) is 0.718. The Hall–Kier alpha value is -0.900. The van der Waals surface area contributed by atoms with Crippen molar-refractivity contribution < 1.29 is 9.84 Å². The Balaban J connectivity index is 2.18. The summed E-state index contributed by atoms with van der Waals surface area (Å²) in [5, 5.41) is 13.3. The summed E-state index contributed by atoms with van der Waals surface area (Å²) in [6, 6.07) is 8.57. The van der Waals surface area contributed by atoms with Crippen LogP contribution in [0.25, 0.3) is 0 Å². The lowest BCUT2D eigenvalue weighted by atomic mass is 10.0. The Morgan fingerprint density at radius 1 is 1.19 bits per heavy atom. The van der Waals surface area contributed by atoms with Gasteiger partial charge in [0.25, 0.3) is 0 Å². The number of hydrogen-bond acceptors (Lipinski definition) is 3. The van der Waals surface area contributed by atoms with Crippen molar-refractivity contribution in [1.29, 1.82) is 0 Å². The van der Waals surface area contributed by atoms with E-state index in [1.54, 1.807) is 0 Å². The number of rotatable bonds is 10. The first-order chi connectivity index (χ1) is 10.0. The van der Waals surface area contributed by atoms with Crippen molar-refractivity contribution in [1.82, 2.24) is 5.32 Å². The maximum Gasteiger partial charge on any atom is 0.0897 e. The minimum absolute atomic E-state index is 0.238. The minimum atomic E-state index is -0.449. The lowest BCUT2D eigenvalue weighted by Gasteiger charge is -2.19. The lowest BCUT2D eigenvalue weighted by molar-refractivity contribution is 0.0337. The van der Waals surface area contributed by atoms with Crippen LogP contribution in [0.3, 0.4) is 0 Å². The van der Waals surface area contributed by atoms with E-state index in [-0.39, 0.29) is 6.04 Å². The predicted molar refractivity (Wildman–Crippen MR) is 88.5 cm³/mol. The van der Waals surface area contributed by atoms with Gasteiger partial charge in [-0.2, -0.15) is 0 Å². The average molecular weight is 293 g/mol. The molecule has 0 aromatic heterocycles. The smallest absolute Gasteiger partial charge is 0.0897 e. The van der Waals surface area contributed by atoms with Gasteiger partial charge in [-0.25, -0.2) is 0 Å². The topological polar surface area (TPSA) is 41.5 Å². The van der Waals surface area contributed by atoms with Gasteiger partial charge in [0.15, 0.2) is 0 Å². The first-order valence-electron chi connectivity index (χ1n) is 8.05. The number of aliphatic hydroxyl groups is 1. The molecule has 1 aromatic carbocycles. The molecule has 2 N–H and O–H groups in total. The summed E-state index contributed by atoms with van der Waals surface area (Å²) in [6.45, 7) is 10.4. The van der Waals surface area contributed by atoms with Gasteiger partial charge in [0.2, 0.25) is 0 Å². The molecule has 0 bridgehead atoms. The quantitative estimate of drug-likeness (QED) is 0.649. The summed E-state index contributed by atoms with van der Waals surface area (Å²) in [4.78, 5) is 0. The average Bonchev–Trinajstić information content (AvgIpc) is 2.44. The van der Waals surface area contributed by atoms with Gasteiger partial charge in [-0.05, 0) is 43.7 Å². The third-order valence-electron chi connectivity index (χ3n) is 3.70. The van der Waals surface area contributed by atoms with E-state index in [4.69, 9.17) is 4.74 Å². The fraction of sp³-hybridized carbons (Fsp3) is 0.667. The highest BCUT2D eigenvalue weighted by Crippen LogP contribution is 2.16. The Kier molecular flexibility index (Phi) is 8.58. The normalized spacial score (nSPS) is 14.4. The molecule has 0 spiro atoms. The van der Waals surface area contributed by atoms with Crippen LogP contribution >= 0.6 is 0 Å². The monoisotopic (exact) mass is 293 g/mol. The molecule has 1 rings (SSSR count). The van der Waals surface area contributed by atoms with E-state index < -0.39 is 6.10 Å². The van der Waals surface area contributed by atoms with Crippen molar-refractivity contribution in [2.45, 2.75) is 52.7 Å². The van der Waals surface area contributed by atoms with Gasteiger partial charge in [-0.3, -0.25) is 0 Å². The number of benzene rings is 1. The maximum atomic E-state index is 9.94. The highest BCUT2D eigenvalue weighted by atomic mass is 16.5. The summed E-state index contributed by atoms with van der Waals surface area (Å²) < 4.78 is 5.52. The maximum absolute atomic E-state index is 9.94. The van der Waals surface area contributed by atoms with Crippen LogP contribution in [0.5, 0.6) is 0 Å². The van der Waals surface area contributed by atoms with E-state index in [2.05, 4.69) is 51.2 Å². The van der Waals surface area contributed by atoms with Crippen LogP contribution in [0.15, 0.2) is 24.3 Å². The highest BCUT2D eigenvalue weighted by molar-refractivity contribution is 5.28. The second-order valence-electron chi connectivity index (χ2n) is 6.25. The molecule has 0 fully saturated rings. The molecule has 21 heavy (non-hydrogen) atoms. The zero-order valence-corrected chi connectivity index (χ0v) is 13.9. The Morgan fingerprint density at radius 2 is 1.90 bits per heavy atom. The second kappa shape index (κ2) is 9.93. The third kappa shape index (κ3) is 7.60. The summed E-state index contributed by atoms with van der Waals surface area (Å²) in [6.07, 6.45) is 1.80. The molecule has 0 aliphatic carbocycles. The van der Waals surface area contributed by atoms with E-state index in [0.717, 1.165) is 18.9 Å². The highest BCUT2D eigenvalue weighted by Gasteiger charge is 2.10. The number of aryl methyl sites for hydroxylation is 1. The second-order valence-corrected chi connectivity index (χ2v) is 6.25. The molecular weight excluding hydrogens is 262 g/mol. The molecule has 2 atom stereocenters. The predicted octanol–water partition coefficient (Wildman–Crippen LogP) is 3.46. The number of nitrogens with one attached hydrogen (secondary N) is 1. The number of ether oxygens (including phenoxy) is 1. The van der Waals surface area contributed by atoms with Gasteiger partial charge in [0.05, 0.1) is 12.7 Å².